The van der Waals surface area contributed by atoms with Crippen LogP contribution >= 0.6 is 0 Å². The summed E-state index contributed by atoms with van der Waals surface area (Å²) in [5.74, 6) is 0.646. The molecule has 1 aliphatic rings. The zero-order chi connectivity index (χ0) is 23.7. The average molecular weight is 461 g/mol. The van der Waals surface area contributed by atoms with Crippen molar-refractivity contribution in [1.82, 2.24) is 29.2 Å². The standard InChI is InChI=1S/C26H32N6O2/c1-18(2)32-24-21-16-19(8-10-22(21)28-29-25(24)30(3)26(32)33)20-9-11-23(27-17-20)34-15-7-14-31-12-5-4-6-13-31/h8-11,16-18H,4-7,12-15H2,1-3H3. The fourth-order valence-electron chi connectivity index (χ4n) is 4.84. The van der Waals surface area contributed by atoms with Crippen LogP contribution in [0.1, 0.15) is 45.6 Å². The Kier molecular flexibility index (Phi) is 6.32. The second kappa shape index (κ2) is 9.54. The topological polar surface area (TPSA) is 78.1 Å². The molecule has 0 atom stereocenters. The summed E-state index contributed by atoms with van der Waals surface area (Å²) in [6.07, 6.45) is 6.85. The van der Waals surface area contributed by atoms with Crippen molar-refractivity contribution >= 4 is 22.1 Å². The van der Waals surface area contributed by atoms with Gasteiger partial charge in [-0.2, -0.15) is 0 Å². The fourth-order valence-corrected chi connectivity index (χ4v) is 4.84. The minimum atomic E-state index is -0.0827. The molecule has 0 spiro atoms. The van der Waals surface area contributed by atoms with Gasteiger partial charge < -0.3 is 9.64 Å². The van der Waals surface area contributed by atoms with Crippen LogP contribution in [0.3, 0.4) is 0 Å². The third kappa shape index (κ3) is 4.30. The lowest BCUT2D eigenvalue weighted by Crippen LogP contribution is -2.31. The van der Waals surface area contributed by atoms with Gasteiger partial charge in [-0.05, 0) is 70.0 Å². The van der Waals surface area contributed by atoms with Crippen LogP contribution in [0.25, 0.3) is 33.2 Å². The van der Waals surface area contributed by atoms with E-state index in [9.17, 15) is 4.79 Å². The van der Waals surface area contributed by atoms with Crippen molar-refractivity contribution in [2.24, 2.45) is 7.05 Å². The van der Waals surface area contributed by atoms with Crippen LogP contribution in [0.5, 0.6) is 5.88 Å². The molecule has 1 aliphatic heterocycles. The second-order valence-corrected chi connectivity index (χ2v) is 9.40. The van der Waals surface area contributed by atoms with Gasteiger partial charge in [0.15, 0.2) is 5.65 Å². The fraction of sp³-hybridized carbons (Fsp3) is 0.462. The van der Waals surface area contributed by atoms with E-state index in [0.717, 1.165) is 40.5 Å². The smallest absolute Gasteiger partial charge is 0.330 e. The summed E-state index contributed by atoms with van der Waals surface area (Å²) in [4.78, 5) is 19.8. The van der Waals surface area contributed by atoms with Crippen LogP contribution < -0.4 is 10.4 Å². The largest absolute Gasteiger partial charge is 0.478 e. The second-order valence-electron chi connectivity index (χ2n) is 9.40. The van der Waals surface area contributed by atoms with Gasteiger partial charge in [-0.15, -0.1) is 10.2 Å². The molecule has 8 nitrogen and oxygen atoms in total. The minimum absolute atomic E-state index is 0.0141. The van der Waals surface area contributed by atoms with Gasteiger partial charge in [0.1, 0.15) is 5.52 Å². The lowest BCUT2D eigenvalue weighted by molar-refractivity contribution is 0.203. The van der Waals surface area contributed by atoms with E-state index in [-0.39, 0.29) is 11.7 Å². The van der Waals surface area contributed by atoms with Crippen molar-refractivity contribution in [3.05, 3.63) is 47.0 Å². The highest BCUT2D eigenvalue weighted by Crippen LogP contribution is 2.29. The third-order valence-corrected chi connectivity index (χ3v) is 6.67. The molecule has 4 heterocycles. The molecule has 0 aliphatic carbocycles. The van der Waals surface area contributed by atoms with Crippen LogP contribution in [-0.2, 0) is 7.05 Å². The third-order valence-electron chi connectivity index (χ3n) is 6.67. The Labute approximate surface area is 199 Å². The molecule has 1 saturated heterocycles. The molecular weight excluding hydrogens is 428 g/mol. The first-order valence-electron chi connectivity index (χ1n) is 12.2. The first-order valence-corrected chi connectivity index (χ1v) is 12.2. The number of nitrogens with zero attached hydrogens (tertiary/aromatic N) is 6. The number of aromatic nitrogens is 5. The predicted molar refractivity (Wildman–Crippen MR) is 134 cm³/mol. The van der Waals surface area contributed by atoms with E-state index in [2.05, 4.69) is 26.1 Å². The number of aryl methyl sites for hydroxylation is 1. The zero-order valence-corrected chi connectivity index (χ0v) is 20.2. The highest BCUT2D eigenvalue weighted by Gasteiger charge is 2.18. The monoisotopic (exact) mass is 460 g/mol. The molecule has 3 aromatic heterocycles. The summed E-state index contributed by atoms with van der Waals surface area (Å²) in [6.45, 7) is 8.21. The molecule has 4 aromatic rings. The van der Waals surface area contributed by atoms with Crippen LogP contribution in [0.2, 0.25) is 0 Å². The summed E-state index contributed by atoms with van der Waals surface area (Å²) in [6, 6.07) is 10.00. The van der Waals surface area contributed by atoms with Gasteiger partial charge in [-0.25, -0.2) is 9.78 Å². The summed E-state index contributed by atoms with van der Waals surface area (Å²) in [5.41, 5.74) is 4.09. The number of hydrogen-bond donors (Lipinski definition) is 0. The van der Waals surface area contributed by atoms with Crippen molar-refractivity contribution in [3.8, 4) is 17.0 Å². The van der Waals surface area contributed by atoms with E-state index < -0.39 is 0 Å². The number of pyridine rings is 1. The Morgan fingerprint density at radius 2 is 1.82 bits per heavy atom. The van der Waals surface area contributed by atoms with E-state index in [4.69, 9.17) is 4.74 Å². The summed E-state index contributed by atoms with van der Waals surface area (Å²) >= 11 is 0. The van der Waals surface area contributed by atoms with Crippen LogP contribution in [-0.4, -0.2) is 55.5 Å². The van der Waals surface area contributed by atoms with Crippen molar-refractivity contribution in [2.45, 2.75) is 45.6 Å². The van der Waals surface area contributed by atoms with Gasteiger partial charge in [-0.3, -0.25) is 9.13 Å². The maximum absolute atomic E-state index is 12.8. The van der Waals surface area contributed by atoms with Crippen molar-refractivity contribution < 1.29 is 4.74 Å². The lowest BCUT2D eigenvalue weighted by atomic mass is 10.0. The molecule has 0 amide bonds. The van der Waals surface area contributed by atoms with E-state index >= 15 is 0 Å². The number of benzene rings is 1. The summed E-state index contributed by atoms with van der Waals surface area (Å²) in [7, 11) is 1.74. The van der Waals surface area contributed by atoms with E-state index in [0.29, 0.717) is 18.1 Å². The van der Waals surface area contributed by atoms with Crippen molar-refractivity contribution in [3.63, 3.8) is 0 Å². The van der Waals surface area contributed by atoms with Gasteiger partial charge in [-0.1, -0.05) is 12.5 Å². The molecule has 1 fully saturated rings. The first kappa shape index (κ1) is 22.5. The summed E-state index contributed by atoms with van der Waals surface area (Å²) in [5, 5.41) is 9.57. The zero-order valence-electron chi connectivity index (χ0n) is 20.2. The normalized spacial score (nSPS) is 14.9. The van der Waals surface area contributed by atoms with Gasteiger partial charge >= 0.3 is 5.69 Å². The van der Waals surface area contributed by atoms with E-state index in [1.807, 2.05) is 44.3 Å². The maximum Gasteiger partial charge on any atom is 0.330 e. The van der Waals surface area contributed by atoms with Crippen LogP contribution in [0.15, 0.2) is 41.3 Å². The molecule has 8 heteroatoms. The van der Waals surface area contributed by atoms with Crippen molar-refractivity contribution in [1.29, 1.82) is 0 Å². The number of rotatable bonds is 7. The predicted octanol–water partition coefficient (Wildman–Crippen LogP) is 4.18. The Balaban J connectivity index is 1.36. The average Bonchev–Trinajstić information content (AvgIpc) is 3.13. The molecule has 34 heavy (non-hydrogen) atoms. The Morgan fingerprint density at radius 1 is 1.03 bits per heavy atom. The number of ether oxygens (including phenoxy) is 1. The molecule has 1 aromatic carbocycles. The Morgan fingerprint density at radius 3 is 2.56 bits per heavy atom. The van der Waals surface area contributed by atoms with E-state index in [1.165, 1.54) is 32.4 Å². The number of hydrogen-bond acceptors (Lipinski definition) is 6. The van der Waals surface area contributed by atoms with Gasteiger partial charge in [0.25, 0.3) is 0 Å². The maximum atomic E-state index is 12.8. The highest BCUT2D eigenvalue weighted by molar-refractivity contribution is 6.02. The number of piperidine rings is 1. The molecule has 0 unspecified atom stereocenters. The molecule has 0 saturated carbocycles. The molecule has 5 rings (SSSR count). The molecule has 0 radical (unpaired) electrons. The Bertz CT molecular complexity index is 1350. The summed E-state index contributed by atoms with van der Waals surface area (Å²) < 4.78 is 9.23. The lowest BCUT2D eigenvalue weighted by Gasteiger charge is -2.26. The quantitative estimate of drug-likeness (QED) is 0.385. The molecule has 0 bridgehead atoms. The minimum Gasteiger partial charge on any atom is -0.478 e. The van der Waals surface area contributed by atoms with Crippen LogP contribution in [0, 0.1) is 0 Å². The molecule has 0 N–H and O–H groups in total. The molecule has 178 valence electrons. The number of likely N-dealkylation sites (tertiary alicyclic amines) is 1. The van der Waals surface area contributed by atoms with Crippen molar-refractivity contribution in [2.75, 3.05) is 26.2 Å². The first-order chi connectivity index (χ1) is 16.5. The number of fused-ring (bicyclic) bond motifs is 3. The van der Waals surface area contributed by atoms with E-state index in [1.54, 1.807) is 16.2 Å². The van der Waals surface area contributed by atoms with Gasteiger partial charge in [0.2, 0.25) is 5.88 Å². The SMILES string of the molecule is CC(C)n1c(=O)n(C)c2nnc3ccc(-c4ccc(OCCCN5CCCCC5)nc4)cc3c21. The number of imidazole rings is 1. The van der Waals surface area contributed by atoms with Gasteiger partial charge in [0.05, 0.1) is 12.1 Å². The molecular formula is C26H32N6O2. The van der Waals surface area contributed by atoms with Crippen LogP contribution in [0.4, 0.5) is 0 Å². The Hall–Kier alpha value is -3.26. The van der Waals surface area contributed by atoms with Gasteiger partial charge in [0, 0.05) is 42.8 Å². The highest BCUT2D eigenvalue weighted by atomic mass is 16.5.